The molecular formula is C13H24N2O3S. The zero-order chi connectivity index (χ0) is 14.4. The van der Waals surface area contributed by atoms with E-state index < -0.39 is 11.9 Å². The van der Waals surface area contributed by atoms with E-state index >= 15 is 0 Å². The molecule has 2 amide bonds. The van der Waals surface area contributed by atoms with Gasteiger partial charge in [0.25, 0.3) is 0 Å². The lowest BCUT2D eigenvalue weighted by Gasteiger charge is -2.33. The van der Waals surface area contributed by atoms with Crippen LogP contribution < -0.4 is 5.32 Å². The van der Waals surface area contributed by atoms with Gasteiger partial charge < -0.3 is 15.3 Å². The lowest BCUT2D eigenvalue weighted by Crippen LogP contribution is -2.50. The molecule has 0 aromatic heterocycles. The van der Waals surface area contributed by atoms with Crippen LogP contribution in [0.2, 0.25) is 0 Å². The highest BCUT2D eigenvalue weighted by Gasteiger charge is 2.25. The third kappa shape index (κ3) is 5.30. The fourth-order valence-corrected chi connectivity index (χ4v) is 3.19. The number of carbonyl (C=O) groups is 2. The third-order valence-electron chi connectivity index (χ3n) is 3.23. The van der Waals surface area contributed by atoms with Gasteiger partial charge >= 0.3 is 12.0 Å². The van der Waals surface area contributed by atoms with Crippen LogP contribution in [-0.2, 0) is 4.79 Å². The molecule has 6 heteroatoms. The predicted molar refractivity (Wildman–Crippen MR) is 77.5 cm³/mol. The first-order valence-electron chi connectivity index (χ1n) is 6.76. The Morgan fingerprint density at radius 2 is 2.16 bits per heavy atom. The molecule has 1 aliphatic rings. The molecule has 19 heavy (non-hydrogen) atoms. The van der Waals surface area contributed by atoms with Crippen molar-refractivity contribution in [3.8, 4) is 0 Å². The molecular weight excluding hydrogens is 264 g/mol. The number of amides is 2. The number of nitrogens with one attached hydrogen (secondary N) is 1. The minimum Gasteiger partial charge on any atom is -0.481 e. The lowest BCUT2D eigenvalue weighted by atomic mass is 9.97. The van der Waals surface area contributed by atoms with Gasteiger partial charge in [-0.05, 0) is 19.3 Å². The Morgan fingerprint density at radius 3 is 2.68 bits per heavy atom. The van der Waals surface area contributed by atoms with Crippen LogP contribution in [-0.4, -0.2) is 52.6 Å². The van der Waals surface area contributed by atoms with Crippen LogP contribution in [0.5, 0.6) is 0 Å². The molecule has 2 atom stereocenters. The fourth-order valence-electron chi connectivity index (χ4n) is 2.18. The first-order valence-corrected chi connectivity index (χ1v) is 7.92. The summed E-state index contributed by atoms with van der Waals surface area (Å²) in [5, 5.41) is 11.9. The third-order valence-corrected chi connectivity index (χ3v) is 4.42. The fraction of sp³-hybridized carbons (Fsp3) is 0.846. The number of nitrogens with zero attached hydrogens (tertiary/aromatic N) is 1. The second-order valence-electron chi connectivity index (χ2n) is 5.47. The van der Waals surface area contributed by atoms with E-state index in [0.29, 0.717) is 12.3 Å². The Bertz CT molecular complexity index is 323. The van der Waals surface area contributed by atoms with Crippen molar-refractivity contribution in [3.05, 3.63) is 0 Å². The standard InChI is InChI=1S/C13H24N2O3S/c1-9(2)6-11(12(16)17)7-14-13(18)15-4-5-19-8-10(15)3/h9-11H,4-8H2,1-3H3,(H,14,18)(H,16,17). The summed E-state index contributed by atoms with van der Waals surface area (Å²) in [5.41, 5.74) is 0. The molecule has 2 unspecified atom stereocenters. The topological polar surface area (TPSA) is 69.6 Å². The van der Waals surface area contributed by atoms with Crippen molar-refractivity contribution in [2.75, 3.05) is 24.6 Å². The molecule has 0 aromatic carbocycles. The normalized spacial score (nSPS) is 21.3. The van der Waals surface area contributed by atoms with Crippen LogP contribution in [0.25, 0.3) is 0 Å². The van der Waals surface area contributed by atoms with E-state index in [-0.39, 0.29) is 18.6 Å². The number of thioether (sulfide) groups is 1. The summed E-state index contributed by atoms with van der Waals surface area (Å²) in [6.07, 6.45) is 0.584. The second-order valence-corrected chi connectivity index (χ2v) is 6.62. The molecule has 0 spiro atoms. The smallest absolute Gasteiger partial charge is 0.317 e. The Labute approximate surface area is 119 Å². The molecule has 1 saturated heterocycles. The number of rotatable bonds is 5. The van der Waals surface area contributed by atoms with E-state index in [9.17, 15) is 9.59 Å². The lowest BCUT2D eigenvalue weighted by molar-refractivity contribution is -0.142. The minimum atomic E-state index is -0.837. The highest BCUT2D eigenvalue weighted by atomic mass is 32.2. The van der Waals surface area contributed by atoms with Gasteiger partial charge in [0.1, 0.15) is 0 Å². The number of carboxylic acids is 1. The van der Waals surface area contributed by atoms with Crippen LogP contribution in [0.1, 0.15) is 27.2 Å². The van der Waals surface area contributed by atoms with Crippen LogP contribution >= 0.6 is 11.8 Å². The first kappa shape index (κ1) is 16.1. The number of carbonyl (C=O) groups excluding carboxylic acids is 1. The van der Waals surface area contributed by atoms with Gasteiger partial charge in [-0.15, -0.1) is 0 Å². The van der Waals surface area contributed by atoms with Crippen LogP contribution in [0.4, 0.5) is 4.79 Å². The van der Waals surface area contributed by atoms with Crippen molar-refractivity contribution < 1.29 is 14.7 Å². The zero-order valence-corrected chi connectivity index (χ0v) is 12.7. The van der Waals surface area contributed by atoms with Crippen molar-refractivity contribution in [2.45, 2.75) is 33.2 Å². The summed E-state index contributed by atoms with van der Waals surface area (Å²) in [5.74, 6) is 0.867. The van der Waals surface area contributed by atoms with Gasteiger partial charge in [0.2, 0.25) is 0 Å². The highest BCUT2D eigenvalue weighted by molar-refractivity contribution is 7.99. The highest BCUT2D eigenvalue weighted by Crippen LogP contribution is 2.16. The summed E-state index contributed by atoms with van der Waals surface area (Å²) in [7, 11) is 0. The van der Waals surface area contributed by atoms with Gasteiger partial charge in [-0.1, -0.05) is 13.8 Å². The summed E-state index contributed by atoms with van der Waals surface area (Å²) < 4.78 is 0. The van der Waals surface area contributed by atoms with E-state index in [4.69, 9.17) is 5.11 Å². The monoisotopic (exact) mass is 288 g/mol. The Balaban J connectivity index is 2.44. The Morgan fingerprint density at radius 1 is 1.47 bits per heavy atom. The quantitative estimate of drug-likeness (QED) is 0.810. The number of urea groups is 1. The number of hydrogen-bond donors (Lipinski definition) is 2. The van der Waals surface area contributed by atoms with E-state index in [1.54, 1.807) is 4.90 Å². The molecule has 0 radical (unpaired) electrons. The summed E-state index contributed by atoms with van der Waals surface area (Å²) >= 11 is 1.85. The number of hydrogen-bond acceptors (Lipinski definition) is 3. The summed E-state index contributed by atoms with van der Waals surface area (Å²) in [4.78, 5) is 25.0. The van der Waals surface area contributed by atoms with Crippen LogP contribution in [0, 0.1) is 11.8 Å². The molecule has 1 rings (SSSR count). The molecule has 0 aliphatic carbocycles. The van der Waals surface area contributed by atoms with Gasteiger partial charge in [-0.2, -0.15) is 11.8 Å². The number of carboxylic acid groups (broad SMARTS) is 1. The molecule has 1 heterocycles. The second kappa shape index (κ2) is 7.62. The van der Waals surface area contributed by atoms with Crippen LogP contribution in [0.15, 0.2) is 0 Å². The minimum absolute atomic E-state index is 0.136. The molecule has 0 bridgehead atoms. The largest absolute Gasteiger partial charge is 0.481 e. The summed E-state index contributed by atoms with van der Waals surface area (Å²) in [6, 6.07) is 0.0786. The van der Waals surface area contributed by atoms with Crippen molar-refractivity contribution >= 4 is 23.8 Å². The maximum absolute atomic E-state index is 12.0. The van der Waals surface area contributed by atoms with Gasteiger partial charge in [0.05, 0.1) is 5.92 Å². The van der Waals surface area contributed by atoms with Crippen LogP contribution in [0.3, 0.4) is 0 Å². The van der Waals surface area contributed by atoms with E-state index in [1.165, 1.54) is 0 Å². The molecule has 1 fully saturated rings. The Kier molecular flexibility index (Phi) is 6.48. The molecule has 0 aromatic rings. The van der Waals surface area contributed by atoms with Gasteiger partial charge in [-0.3, -0.25) is 4.79 Å². The van der Waals surface area contributed by atoms with Gasteiger partial charge in [0.15, 0.2) is 0 Å². The van der Waals surface area contributed by atoms with E-state index in [1.807, 2.05) is 32.5 Å². The van der Waals surface area contributed by atoms with E-state index in [0.717, 1.165) is 18.1 Å². The molecule has 110 valence electrons. The van der Waals surface area contributed by atoms with Crippen molar-refractivity contribution in [2.24, 2.45) is 11.8 Å². The first-order chi connectivity index (χ1) is 8.91. The average Bonchev–Trinajstić information content (AvgIpc) is 2.34. The predicted octanol–water partition coefficient (Wildman–Crippen LogP) is 1.88. The molecule has 1 aliphatic heterocycles. The average molecular weight is 288 g/mol. The van der Waals surface area contributed by atoms with Crippen molar-refractivity contribution in [3.63, 3.8) is 0 Å². The van der Waals surface area contributed by atoms with Crippen molar-refractivity contribution in [1.82, 2.24) is 10.2 Å². The molecule has 0 saturated carbocycles. The molecule has 5 nitrogen and oxygen atoms in total. The summed E-state index contributed by atoms with van der Waals surface area (Å²) in [6.45, 7) is 6.94. The molecule has 2 N–H and O–H groups in total. The number of aliphatic carboxylic acids is 1. The maximum atomic E-state index is 12.0. The van der Waals surface area contributed by atoms with Gasteiger partial charge in [0, 0.05) is 30.6 Å². The zero-order valence-electron chi connectivity index (χ0n) is 11.9. The Hall–Kier alpha value is -0.910. The van der Waals surface area contributed by atoms with E-state index in [2.05, 4.69) is 5.32 Å². The SMILES string of the molecule is CC(C)CC(CNC(=O)N1CCSCC1C)C(=O)O. The van der Waals surface area contributed by atoms with Crippen molar-refractivity contribution in [1.29, 1.82) is 0 Å². The maximum Gasteiger partial charge on any atom is 0.317 e. The van der Waals surface area contributed by atoms with Gasteiger partial charge in [-0.25, -0.2) is 4.79 Å².